The number of aliphatic imine (C=N–C) groups is 2. The molecule has 0 aliphatic carbocycles. The highest BCUT2D eigenvalue weighted by molar-refractivity contribution is 8.13. The summed E-state index contributed by atoms with van der Waals surface area (Å²) in [7, 11) is -2.91. The zero-order valence-corrected chi connectivity index (χ0v) is 24.6. The first-order valence-corrected chi connectivity index (χ1v) is 14.8. The highest BCUT2D eigenvalue weighted by atomic mass is 32.2. The van der Waals surface area contributed by atoms with Crippen LogP contribution in [0.2, 0.25) is 0 Å². The average Bonchev–Trinajstić information content (AvgIpc) is 3.34. The van der Waals surface area contributed by atoms with E-state index in [-0.39, 0.29) is 48.8 Å². The molecule has 0 aromatic rings. The zero-order chi connectivity index (χ0) is 30.1. The number of hydrogen-bond donors (Lipinski definition) is 6. The van der Waals surface area contributed by atoms with Gasteiger partial charge in [-0.05, 0) is 13.1 Å². The van der Waals surface area contributed by atoms with E-state index in [1.807, 2.05) is 0 Å². The molecule has 0 radical (unpaired) electrons. The molecule has 2 amide bonds. The summed E-state index contributed by atoms with van der Waals surface area (Å²) in [5.74, 6) is -0.288. The number of aliphatic hydroxyl groups is 1. The van der Waals surface area contributed by atoms with Crippen LogP contribution in [0.5, 0.6) is 0 Å². The molecular formula is C22H38N7O9PS. The summed E-state index contributed by atoms with van der Waals surface area (Å²) in [5.41, 5.74) is 4.93. The number of carbonyl (C=O) groups excluding carboxylic acids is 3. The quantitative estimate of drug-likeness (QED) is 0.0789. The molecule has 4 atom stereocenters. The van der Waals surface area contributed by atoms with E-state index in [0.29, 0.717) is 17.9 Å². The molecule has 226 valence electrons. The highest BCUT2D eigenvalue weighted by Gasteiger charge is 2.40. The Morgan fingerprint density at radius 3 is 2.75 bits per heavy atom. The van der Waals surface area contributed by atoms with Crippen LogP contribution in [0.25, 0.3) is 0 Å². The van der Waals surface area contributed by atoms with Crippen molar-refractivity contribution < 1.29 is 42.7 Å². The van der Waals surface area contributed by atoms with Crippen LogP contribution in [-0.2, 0) is 32.7 Å². The number of thioether (sulfide) groups is 1. The number of rotatable bonds is 15. The number of ether oxygens (including phenoxy) is 1. The fraction of sp³-hybridized carbons (Fsp3) is 0.682. The van der Waals surface area contributed by atoms with Crippen molar-refractivity contribution in [2.24, 2.45) is 21.1 Å². The number of amides is 2. The Labute approximate surface area is 236 Å². The SMILES string of the molecule is C=NC1=C(N(C)C2CCC(OP(=O)(O)OCC(C)(C)C(O)C(=O)NCCC(=O)NCSC(C)=O)O2)NCN=C1N. The van der Waals surface area contributed by atoms with Gasteiger partial charge in [0.15, 0.2) is 11.4 Å². The standard InChI is InChI=1S/C22H38N7O9PS/c1-13(30)40-12-28-14(31)8-9-25-21(33)18(32)22(2,3)10-36-39(34,35)38-16-7-6-15(37-16)29(5)20-17(24-4)19(23)26-11-27-20/h15-16,18,27,32H,4,6-12H2,1-3,5H3,(H2,23,26)(H,25,33)(H,28,31)(H,34,35). The maximum absolute atomic E-state index is 12.6. The van der Waals surface area contributed by atoms with Gasteiger partial charge in [-0.25, -0.2) is 9.56 Å². The Morgan fingerprint density at radius 2 is 2.10 bits per heavy atom. The third kappa shape index (κ3) is 10.1. The molecule has 2 heterocycles. The smallest absolute Gasteiger partial charge is 0.383 e. The van der Waals surface area contributed by atoms with Crippen molar-refractivity contribution in [3.8, 4) is 0 Å². The van der Waals surface area contributed by atoms with Crippen molar-refractivity contribution >= 4 is 49.1 Å². The largest absolute Gasteiger partial charge is 0.474 e. The van der Waals surface area contributed by atoms with E-state index in [4.69, 9.17) is 19.5 Å². The van der Waals surface area contributed by atoms with E-state index in [1.165, 1.54) is 20.8 Å². The number of phosphoric acid groups is 1. The summed E-state index contributed by atoms with van der Waals surface area (Å²) in [5, 5.41) is 18.3. The van der Waals surface area contributed by atoms with Crippen LogP contribution in [0.3, 0.4) is 0 Å². The number of hydrogen-bond acceptors (Lipinski definition) is 14. The molecule has 1 saturated heterocycles. The summed E-state index contributed by atoms with van der Waals surface area (Å²) in [6.07, 6.45) is -2.55. The molecule has 2 rings (SSSR count). The van der Waals surface area contributed by atoms with Gasteiger partial charge in [-0.15, -0.1) is 0 Å². The minimum absolute atomic E-state index is 0.0597. The normalized spacial score (nSPS) is 21.5. The van der Waals surface area contributed by atoms with Crippen LogP contribution in [0, 0.1) is 5.41 Å². The molecule has 0 saturated carbocycles. The van der Waals surface area contributed by atoms with Crippen LogP contribution in [-0.4, -0.2) is 95.7 Å². The van der Waals surface area contributed by atoms with Crippen LogP contribution >= 0.6 is 19.6 Å². The molecule has 0 bridgehead atoms. The Kier molecular flexibility index (Phi) is 12.6. The maximum atomic E-state index is 12.6. The van der Waals surface area contributed by atoms with Gasteiger partial charge >= 0.3 is 7.82 Å². The molecule has 18 heteroatoms. The fourth-order valence-electron chi connectivity index (χ4n) is 3.59. The number of nitrogens with two attached hydrogens (primary N) is 1. The van der Waals surface area contributed by atoms with Crippen molar-refractivity contribution in [1.29, 1.82) is 0 Å². The van der Waals surface area contributed by atoms with E-state index in [9.17, 15) is 28.9 Å². The Hall–Kier alpha value is -2.53. The summed E-state index contributed by atoms with van der Waals surface area (Å²) in [4.78, 5) is 54.9. The topological polar surface area (TPSA) is 226 Å². The van der Waals surface area contributed by atoms with Gasteiger partial charge in [0, 0.05) is 38.8 Å². The summed E-state index contributed by atoms with van der Waals surface area (Å²) < 4.78 is 28.6. The predicted octanol–water partition coefficient (Wildman–Crippen LogP) is -0.451. The highest BCUT2D eigenvalue weighted by Crippen LogP contribution is 2.48. The van der Waals surface area contributed by atoms with Crippen LogP contribution < -0.4 is 21.7 Å². The number of phosphoric ester groups is 1. The van der Waals surface area contributed by atoms with Gasteiger partial charge in [0.2, 0.25) is 11.8 Å². The molecule has 0 aromatic heterocycles. The first-order chi connectivity index (χ1) is 18.7. The Balaban J connectivity index is 1.81. The minimum atomic E-state index is -4.64. The van der Waals surface area contributed by atoms with E-state index >= 15 is 0 Å². The van der Waals surface area contributed by atoms with Gasteiger partial charge in [0.1, 0.15) is 36.4 Å². The van der Waals surface area contributed by atoms with Gasteiger partial charge < -0.3 is 41.3 Å². The van der Waals surface area contributed by atoms with Gasteiger partial charge in [-0.1, -0.05) is 25.6 Å². The van der Waals surface area contributed by atoms with Crippen molar-refractivity contribution in [2.75, 3.05) is 32.7 Å². The second-order valence-electron chi connectivity index (χ2n) is 9.60. The first-order valence-electron chi connectivity index (χ1n) is 12.3. The average molecular weight is 608 g/mol. The minimum Gasteiger partial charge on any atom is -0.383 e. The van der Waals surface area contributed by atoms with Gasteiger partial charge in [-0.3, -0.25) is 28.4 Å². The zero-order valence-electron chi connectivity index (χ0n) is 22.9. The van der Waals surface area contributed by atoms with Crippen molar-refractivity contribution in [3.63, 3.8) is 0 Å². The van der Waals surface area contributed by atoms with E-state index < -0.39 is 44.4 Å². The van der Waals surface area contributed by atoms with Crippen LogP contribution in [0.15, 0.2) is 21.5 Å². The van der Waals surface area contributed by atoms with Gasteiger partial charge in [-0.2, -0.15) is 0 Å². The molecule has 16 nitrogen and oxygen atoms in total. The van der Waals surface area contributed by atoms with Crippen LogP contribution in [0.1, 0.15) is 40.0 Å². The molecule has 0 spiro atoms. The van der Waals surface area contributed by atoms with E-state index in [0.717, 1.165) is 11.8 Å². The predicted molar refractivity (Wildman–Crippen MR) is 147 cm³/mol. The molecule has 2 aliphatic heterocycles. The molecule has 0 aromatic carbocycles. The first kappa shape index (κ1) is 33.7. The van der Waals surface area contributed by atoms with E-state index in [2.05, 4.69) is 32.7 Å². The summed E-state index contributed by atoms with van der Waals surface area (Å²) in [6, 6.07) is 0. The third-order valence-corrected chi connectivity index (χ3v) is 7.55. The van der Waals surface area contributed by atoms with Gasteiger partial charge in [0.05, 0.1) is 12.5 Å². The summed E-state index contributed by atoms with van der Waals surface area (Å²) >= 11 is 0.939. The lowest BCUT2D eigenvalue weighted by atomic mass is 9.87. The Morgan fingerprint density at radius 1 is 1.40 bits per heavy atom. The lowest BCUT2D eigenvalue weighted by Gasteiger charge is -2.32. The second-order valence-corrected chi connectivity index (χ2v) is 12.2. The third-order valence-electron chi connectivity index (χ3n) is 5.90. The maximum Gasteiger partial charge on any atom is 0.474 e. The number of aliphatic hydroxyl groups excluding tert-OH is 1. The van der Waals surface area contributed by atoms with Crippen molar-refractivity contribution in [1.82, 2.24) is 20.9 Å². The number of nitrogens with one attached hydrogen (secondary N) is 3. The van der Waals surface area contributed by atoms with E-state index in [1.54, 1.807) is 11.9 Å². The molecule has 40 heavy (non-hydrogen) atoms. The molecule has 2 aliphatic rings. The van der Waals surface area contributed by atoms with Gasteiger partial charge in [0.25, 0.3) is 0 Å². The fourth-order valence-corrected chi connectivity index (χ4v) is 5.03. The molecular weight excluding hydrogens is 569 g/mol. The molecule has 7 N–H and O–H groups in total. The van der Waals surface area contributed by atoms with Crippen LogP contribution in [0.4, 0.5) is 0 Å². The summed E-state index contributed by atoms with van der Waals surface area (Å²) in [6.45, 7) is 7.49. The Bertz CT molecular complexity index is 1070. The lowest BCUT2D eigenvalue weighted by molar-refractivity contribution is -0.139. The monoisotopic (exact) mass is 607 g/mol. The van der Waals surface area contributed by atoms with Crippen molar-refractivity contribution in [3.05, 3.63) is 11.5 Å². The second kappa shape index (κ2) is 14.9. The molecule has 1 fully saturated rings. The number of nitrogens with zero attached hydrogens (tertiary/aromatic N) is 3. The molecule has 4 unspecified atom stereocenters. The van der Waals surface area contributed by atoms with Crippen molar-refractivity contribution in [2.45, 2.75) is 58.7 Å². The number of carbonyl (C=O) groups is 3. The number of amidine groups is 1. The lowest BCUT2D eigenvalue weighted by Crippen LogP contribution is -2.46.